The monoisotopic (exact) mass is 1170 g/mol. The lowest BCUT2D eigenvalue weighted by Gasteiger charge is -2.61. The predicted octanol–water partition coefficient (Wildman–Crippen LogP) is 12.5. The van der Waals surface area contributed by atoms with E-state index in [0.717, 1.165) is 89.4 Å². The number of halogens is 2. The highest BCUT2D eigenvalue weighted by Gasteiger charge is 2.62. The summed E-state index contributed by atoms with van der Waals surface area (Å²) >= 11 is 0. The smallest absolute Gasteiger partial charge is 0.344 e. The van der Waals surface area contributed by atoms with Gasteiger partial charge in [-0.2, -0.15) is 0 Å². The number of hydrogen-bond donors (Lipinski definition) is 1. The van der Waals surface area contributed by atoms with Gasteiger partial charge in [-0.05, 0) is 211 Å². The number of alkyl halides is 2. The average Bonchev–Trinajstić information content (AvgIpc) is 1.74. The van der Waals surface area contributed by atoms with E-state index < -0.39 is 54.2 Å². The van der Waals surface area contributed by atoms with Crippen LogP contribution in [0.25, 0.3) is 0 Å². The van der Waals surface area contributed by atoms with Gasteiger partial charge in [-0.1, -0.05) is 53.7 Å². The van der Waals surface area contributed by atoms with Gasteiger partial charge < -0.3 is 38.3 Å². The Morgan fingerprint density at radius 1 is 0.639 bits per heavy atom. The molecule has 2 aliphatic heterocycles. The third-order valence-corrected chi connectivity index (χ3v) is 19.3. The second-order valence-corrected chi connectivity index (χ2v) is 27.2. The molecule has 0 spiro atoms. The molecule has 13 aliphatic rings. The number of esters is 7. The molecular formula is C66H96F2O15. The van der Waals surface area contributed by atoms with Gasteiger partial charge in [0.05, 0.1) is 18.1 Å². The standard InChI is InChI=1S/C17H26O2.C16H20O6.C14H20O3.C11H18O2.C8H12F2O2/c1-10(2)16(18)19-17(11(3)4)14-6-12-5-13(8-14)9-15(17)7-12;1-8(2)15(18)20-7-13(17)22-14-10-3-9-4-11(6-10)16(19)21-12(14)5-9;1-9(2)12(15)17-14-6-10-3-11(7-14)5-13(16,4-10)8-14;1-4-11(7-5-6-8-11)13-10(12)9(2)3;1-6(2)7(11)12-5-4-8(3,9)10/h11-15H,1,5-9H2,2-4H3;9-12,14H,1,3-7H2,2H3;10-11,16H,1,3-8H2,2H3;2,4-8H2,1,3H3;1,4-5H2,2-3H3. The van der Waals surface area contributed by atoms with Crippen molar-refractivity contribution in [2.75, 3.05) is 13.2 Å². The summed E-state index contributed by atoms with van der Waals surface area (Å²) in [4.78, 5) is 81.0. The van der Waals surface area contributed by atoms with Crippen LogP contribution < -0.4 is 0 Å². The van der Waals surface area contributed by atoms with Gasteiger partial charge in [0.1, 0.15) is 29.0 Å². The summed E-state index contributed by atoms with van der Waals surface area (Å²) in [6, 6.07) is 0. The molecule has 0 aromatic carbocycles. The summed E-state index contributed by atoms with van der Waals surface area (Å²) in [5.74, 6) is -0.447. The van der Waals surface area contributed by atoms with Crippen molar-refractivity contribution in [3.05, 3.63) is 60.8 Å². The highest BCUT2D eigenvalue weighted by molar-refractivity contribution is 5.89. The Morgan fingerprint density at radius 2 is 1.12 bits per heavy atom. The maximum atomic E-state index is 12.2. The molecule has 0 amide bonds. The predicted molar refractivity (Wildman–Crippen MR) is 307 cm³/mol. The van der Waals surface area contributed by atoms with Crippen LogP contribution in [0.1, 0.15) is 197 Å². The second kappa shape index (κ2) is 27.5. The van der Waals surface area contributed by atoms with Crippen LogP contribution in [-0.2, 0) is 66.7 Å². The lowest BCUT2D eigenvalue weighted by molar-refractivity contribution is -0.221. The van der Waals surface area contributed by atoms with Crippen molar-refractivity contribution >= 4 is 41.8 Å². The molecular weight excluding hydrogens is 1070 g/mol. The van der Waals surface area contributed by atoms with Crippen molar-refractivity contribution in [2.45, 2.75) is 238 Å². The summed E-state index contributed by atoms with van der Waals surface area (Å²) in [6.45, 7) is 32.4. The van der Waals surface area contributed by atoms with E-state index in [9.17, 15) is 47.4 Å². The number of rotatable bonds is 16. The molecule has 12 bridgehead atoms. The molecule has 15 nitrogen and oxygen atoms in total. The van der Waals surface area contributed by atoms with Gasteiger partial charge >= 0.3 is 41.8 Å². The van der Waals surface area contributed by atoms with Crippen LogP contribution in [0, 0.1) is 59.2 Å². The van der Waals surface area contributed by atoms with E-state index in [0.29, 0.717) is 58.6 Å². The molecule has 13 rings (SSSR count). The van der Waals surface area contributed by atoms with Crippen molar-refractivity contribution in [1.29, 1.82) is 0 Å². The molecule has 1 N–H and O–H groups in total. The minimum Gasteiger partial charge on any atom is -0.462 e. The third-order valence-electron chi connectivity index (χ3n) is 19.3. The fraction of sp³-hybridized carbons (Fsp3) is 0.742. The van der Waals surface area contributed by atoms with Gasteiger partial charge in [0.2, 0.25) is 5.92 Å². The lowest BCUT2D eigenvalue weighted by Crippen LogP contribution is -2.62. The van der Waals surface area contributed by atoms with Crippen molar-refractivity contribution in [3.63, 3.8) is 0 Å². The summed E-state index contributed by atoms with van der Waals surface area (Å²) < 4.78 is 61.8. The van der Waals surface area contributed by atoms with E-state index in [2.05, 4.69) is 58.4 Å². The van der Waals surface area contributed by atoms with Gasteiger partial charge in [-0.25, -0.2) is 37.5 Å². The van der Waals surface area contributed by atoms with E-state index >= 15 is 0 Å². The Hall–Kier alpha value is -5.19. The van der Waals surface area contributed by atoms with E-state index in [1.807, 2.05) is 0 Å². The topological polar surface area (TPSA) is 204 Å². The van der Waals surface area contributed by atoms with Gasteiger partial charge in [0.25, 0.3) is 0 Å². The minimum atomic E-state index is -2.78. The summed E-state index contributed by atoms with van der Waals surface area (Å²) in [5.41, 5.74) is 0.595. The van der Waals surface area contributed by atoms with Crippen molar-refractivity contribution in [3.8, 4) is 0 Å². The summed E-state index contributed by atoms with van der Waals surface area (Å²) in [7, 11) is 0. The van der Waals surface area contributed by atoms with Crippen LogP contribution >= 0.6 is 0 Å². The number of ether oxygens (including phenoxy) is 7. The number of hydrogen-bond acceptors (Lipinski definition) is 15. The van der Waals surface area contributed by atoms with Gasteiger partial charge in [0, 0.05) is 46.6 Å². The molecule has 11 saturated carbocycles. The first-order chi connectivity index (χ1) is 38.7. The molecule has 0 radical (unpaired) electrons. The largest absolute Gasteiger partial charge is 0.462 e. The number of carbonyl (C=O) groups excluding carboxylic acids is 7. The first-order valence-electron chi connectivity index (χ1n) is 30.5. The van der Waals surface area contributed by atoms with Crippen molar-refractivity contribution < 1.29 is 80.6 Å². The molecule has 0 aromatic rings. The minimum absolute atomic E-state index is 0.0568. The molecule has 7 atom stereocenters. The summed E-state index contributed by atoms with van der Waals surface area (Å²) in [6.07, 6.45) is 19.4. The maximum absolute atomic E-state index is 12.2. The molecule has 17 heteroatoms. The zero-order valence-electron chi connectivity index (χ0n) is 51.1. The van der Waals surface area contributed by atoms with Gasteiger partial charge in [-0.3, -0.25) is 4.79 Å². The molecule has 2 heterocycles. The quantitative estimate of drug-likeness (QED) is 0.0867. The molecule has 7 unspecified atom stereocenters. The highest BCUT2D eigenvalue weighted by atomic mass is 19.3. The average molecular weight is 1170 g/mol. The van der Waals surface area contributed by atoms with Crippen LogP contribution in [-0.4, -0.2) is 101 Å². The van der Waals surface area contributed by atoms with Gasteiger partial charge in [0.15, 0.2) is 6.61 Å². The SMILES string of the molecule is C=C(C)C(=O)OC1(C(C)C)C2CC3CC(C2)CC1C3.C=C(C)C(=O)OC1(CC)CCCC1.C=C(C)C(=O)OC12CC3CC(CC(O)(C3)C1)C2.C=C(C)C(=O)OCC(=O)OC1C2CC3CC(C2)C(=O)OC1C3.C=C(C)C(=O)OCCC(C)(F)F. The molecule has 464 valence electrons. The number of fused-ring (bicyclic) bond motifs is 1. The fourth-order valence-corrected chi connectivity index (χ4v) is 16.1. The molecule has 83 heavy (non-hydrogen) atoms. The number of aliphatic hydroxyl groups is 1. The molecule has 2 saturated heterocycles. The Morgan fingerprint density at radius 3 is 1.60 bits per heavy atom. The van der Waals surface area contributed by atoms with Crippen LogP contribution in [0.3, 0.4) is 0 Å². The van der Waals surface area contributed by atoms with Crippen LogP contribution in [0.2, 0.25) is 0 Å². The Balaban J connectivity index is 0.000000170. The molecule has 13 fully saturated rings. The highest BCUT2D eigenvalue weighted by Crippen LogP contribution is 2.62. The van der Waals surface area contributed by atoms with Crippen LogP contribution in [0.15, 0.2) is 60.8 Å². The zero-order valence-corrected chi connectivity index (χ0v) is 51.1. The number of carbonyl (C=O) groups is 7. The van der Waals surface area contributed by atoms with E-state index in [4.69, 9.17) is 28.4 Å². The van der Waals surface area contributed by atoms with E-state index in [1.54, 1.807) is 20.8 Å². The molecule has 0 aromatic heterocycles. The van der Waals surface area contributed by atoms with Crippen molar-refractivity contribution in [1.82, 2.24) is 0 Å². The van der Waals surface area contributed by atoms with Crippen molar-refractivity contribution in [2.24, 2.45) is 59.2 Å². The Labute approximate surface area is 491 Å². The fourth-order valence-electron chi connectivity index (χ4n) is 16.1. The van der Waals surface area contributed by atoms with E-state index in [1.165, 1.54) is 65.2 Å². The Bertz CT molecular complexity index is 2440. The summed E-state index contributed by atoms with van der Waals surface area (Å²) in [5, 5.41) is 10.5. The van der Waals surface area contributed by atoms with Crippen LogP contribution in [0.4, 0.5) is 8.78 Å². The normalized spacial score (nSPS) is 33.7. The van der Waals surface area contributed by atoms with Gasteiger partial charge in [-0.15, -0.1) is 0 Å². The second-order valence-electron chi connectivity index (χ2n) is 27.2. The zero-order chi connectivity index (χ0) is 61.6. The maximum Gasteiger partial charge on any atom is 0.344 e. The Kier molecular flexibility index (Phi) is 22.1. The lowest BCUT2D eigenvalue weighted by atomic mass is 9.47. The molecule has 11 aliphatic carbocycles. The first kappa shape index (κ1) is 66.9. The third kappa shape index (κ3) is 17.3. The van der Waals surface area contributed by atoms with Crippen LogP contribution in [0.5, 0.6) is 0 Å². The first-order valence-corrected chi connectivity index (χ1v) is 30.5. The van der Waals surface area contributed by atoms with E-state index in [-0.39, 0.29) is 70.8 Å².